The molecule has 0 aromatic heterocycles. The minimum atomic E-state index is -0.259. The number of methoxy groups -OCH3 is 1. The summed E-state index contributed by atoms with van der Waals surface area (Å²) in [5.74, 6) is 6.44. The third kappa shape index (κ3) is 4.13. The van der Waals surface area contributed by atoms with Crippen LogP contribution < -0.4 is 4.74 Å². The zero-order valence-electron chi connectivity index (χ0n) is 10.5. The SMILES string of the molecule is COCOc1ccc(C#Cc2ccc(F)cc2)cc1. The largest absolute Gasteiger partial charge is 0.468 e. The molecule has 0 saturated carbocycles. The van der Waals surface area contributed by atoms with Crippen molar-refractivity contribution >= 4 is 0 Å². The van der Waals surface area contributed by atoms with Crippen molar-refractivity contribution in [2.45, 2.75) is 0 Å². The van der Waals surface area contributed by atoms with Crippen molar-refractivity contribution in [2.24, 2.45) is 0 Å². The van der Waals surface area contributed by atoms with Gasteiger partial charge in [-0.05, 0) is 48.5 Å². The number of benzene rings is 2. The minimum Gasteiger partial charge on any atom is -0.468 e. The summed E-state index contributed by atoms with van der Waals surface area (Å²) in [6, 6.07) is 13.5. The Hall–Kier alpha value is -2.31. The normalized spacial score (nSPS) is 9.58. The number of rotatable bonds is 3. The summed E-state index contributed by atoms with van der Waals surface area (Å²) in [6.07, 6.45) is 0. The maximum atomic E-state index is 12.7. The van der Waals surface area contributed by atoms with Crippen LogP contribution in [0.4, 0.5) is 4.39 Å². The van der Waals surface area contributed by atoms with E-state index in [1.807, 2.05) is 24.3 Å². The topological polar surface area (TPSA) is 18.5 Å². The minimum absolute atomic E-state index is 0.223. The van der Waals surface area contributed by atoms with E-state index >= 15 is 0 Å². The van der Waals surface area contributed by atoms with Crippen LogP contribution in [-0.2, 0) is 4.74 Å². The van der Waals surface area contributed by atoms with Crippen LogP contribution in [0.1, 0.15) is 11.1 Å². The lowest BCUT2D eigenvalue weighted by atomic mass is 10.2. The van der Waals surface area contributed by atoms with Gasteiger partial charge in [-0.3, -0.25) is 0 Å². The molecule has 3 heteroatoms. The number of hydrogen-bond donors (Lipinski definition) is 0. The predicted octanol–water partition coefficient (Wildman–Crippen LogP) is 3.21. The standard InChI is InChI=1S/C16H13FO2/c1-18-12-19-16-10-6-14(7-11-16)3-2-13-4-8-15(17)9-5-13/h4-11H,12H2,1H3. The Morgan fingerprint density at radius 2 is 1.42 bits per heavy atom. The van der Waals surface area contributed by atoms with E-state index in [2.05, 4.69) is 11.8 Å². The Morgan fingerprint density at radius 1 is 0.895 bits per heavy atom. The highest BCUT2D eigenvalue weighted by Gasteiger charge is 1.93. The molecule has 0 aliphatic carbocycles. The van der Waals surface area contributed by atoms with Gasteiger partial charge >= 0.3 is 0 Å². The fraction of sp³-hybridized carbons (Fsp3) is 0.125. The molecule has 96 valence electrons. The smallest absolute Gasteiger partial charge is 0.188 e. The number of ether oxygens (including phenoxy) is 2. The van der Waals surface area contributed by atoms with Gasteiger partial charge in [0, 0.05) is 18.2 Å². The van der Waals surface area contributed by atoms with Crippen LogP contribution in [0.3, 0.4) is 0 Å². The molecule has 0 saturated heterocycles. The summed E-state index contributed by atoms with van der Waals surface area (Å²) < 4.78 is 22.8. The van der Waals surface area contributed by atoms with E-state index in [0.29, 0.717) is 0 Å². The molecule has 0 spiro atoms. The highest BCUT2D eigenvalue weighted by atomic mass is 19.1. The third-order valence-corrected chi connectivity index (χ3v) is 2.39. The van der Waals surface area contributed by atoms with E-state index in [-0.39, 0.29) is 12.6 Å². The van der Waals surface area contributed by atoms with Crippen molar-refractivity contribution in [3.63, 3.8) is 0 Å². The Balaban J connectivity index is 2.05. The van der Waals surface area contributed by atoms with E-state index < -0.39 is 0 Å². The average Bonchev–Trinajstić information content (AvgIpc) is 2.46. The molecule has 2 aromatic carbocycles. The average molecular weight is 256 g/mol. The summed E-state index contributed by atoms with van der Waals surface area (Å²) >= 11 is 0. The number of hydrogen-bond acceptors (Lipinski definition) is 2. The summed E-state index contributed by atoms with van der Waals surface area (Å²) in [6.45, 7) is 0.223. The molecule has 0 aliphatic heterocycles. The van der Waals surface area contributed by atoms with Gasteiger partial charge in [0.05, 0.1) is 0 Å². The highest BCUT2D eigenvalue weighted by molar-refractivity contribution is 5.44. The van der Waals surface area contributed by atoms with Crippen molar-refractivity contribution in [3.8, 4) is 17.6 Å². The van der Waals surface area contributed by atoms with E-state index in [1.54, 1.807) is 19.2 Å². The van der Waals surface area contributed by atoms with E-state index in [9.17, 15) is 4.39 Å². The van der Waals surface area contributed by atoms with Crippen molar-refractivity contribution in [3.05, 3.63) is 65.5 Å². The maximum Gasteiger partial charge on any atom is 0.188 e. The van der Waals surface area contributed by atoms with Crippen molar-refractivity contribution in [2.75, 3.05) is 13.9 Å². The summed E-state index contributed by atoms with van der Waals surface area (Å²) in [5, 5.41) is 0. The molecule has 0 radical (unpaired) electrons. The second kappa shape index (κ2) is 6.58. The monoisotopic (exact) mass is 256 g/mol. The van der Waals surface area contributed by atoms with Gasteiger partial charge in [-0.25, -0.2) is 4.39 Å². The molecular formula is C16H13FO2. The van der Waals surface area contributed by atoms with Gasteiger partial charge < -0.3 is 9.47 Å². The molecule has 2 nitrogen and oxygen atoms in total. The summed E-state index contributed by atoms with van der Waals surface area (Å²) in [4.78, 5) is 0. The van der Waals surface area contributed by atoms with Crippen LogP contribution in [-0.4, -0.2) is 13.9 Å². The molecule has 0 unspecified atom stereocenters. The first-order valence-corrected chi connectivity index (χ1v) is 5.77. The molecule has 0 bridgehead atoms. The zero-order valence-corrected chi connectivity index (χ0v) is 10.5. The third-order valence-electron chi connectivity index (χ3n) is 2.39. The van der Waals surface area contributed by atoms with Gasteiger partial charge in [-0.2, -0.15) is 0 Å². The van der Waals surface area contributed by atoms with Gasteiger partial charge in [-0.1, -0.05) is 11.8 Å². The molecule has 0 atom stereocenters. The summed E-state index contributed by atoms with van der Waals surface area (Å²) in [5.41, 5.74) is 1.65. The molecule has 0 N–H and O–H groups in total. The van der Waals surface area contributed by atoms with E-state index in [1.165, 1.54) is 12.1 Å². The predicted molar refractivity (Wildman–Crippen MR) is 71.3 cm³/mol. The molecule has 0 amide bonds. The number of halogens is 1. The quantitative estimate of drug-likeness (QED) is 0.620. The maximum absolute atomic E-state index is 12.7. The Kier molecular flexibility index (Phi) is 4.54. The Labute approximate surface area is 111 Å². The van der Waals surface area contributed by atoms with Gasteiger partial charge in [0.25, 0.3) is 0 Å². The fourth-order valence-electron chi connectivity index (χ4n) is 1.44. The first-order chi connectivity index (χ1) is 9.28. The van der Waals surface area contributed by atoms with Gasteiger partial charge in [-0.15, -0.1) is 0 Å². The van der Waals surface area contributed by atoms with Crippen LogP contribution in [0.15, 0.2) is 48.5 Å². The molecule has 0 aliphatic rings. The Morgan fingerprint density at radius 3 is 1.95 bits per heavy atom. The first kappa shape index (κ1) is 13.1. The molecule has 2 rings (SSSR count). The lowest BCUT2D eigenvalue weighted by molar-refractivity contribution is 0.0511. The zero-order chi connectivity index (χ0) is 13.5. The van der Waals surface area contributed by atoms with E-state index in [0.717, 1.165) is 16.9 Å². The van der Waals surface area contributed by atoms with Crippen molar-refractivity contribution < 1.29 is 13.9 Å². The molecule has 0 fully saturated rings. The van der Waals surface area contributed by atoms with Crippen molar-refractivity contribution in [1.82, 2.24) is 0 Å². The lowest BCUT2D eigenvalue weighted by Gasteiger charge is -2.03. The van der Waals surface area contributed by atoms with Crippen LogP contribution in [0.25, 0.3) is 0 Å². The second-order valence-corrected chi connectivity index (χ2v) is 3.83. The Bertz CT molecular complexity index is 577. The molecule has 2 aromatic rings. The first-order valence-electron chi connectivity index (χ1n) is 5.77. The van der Waals surface area contributed by atoms with Gasteiger partial charge in [0.2, 0.25) is 0 Å². The molecule has 19 heavy (non-hydrogen) atoms. The lowest BCUT2D eigenvalue weighted by Crippen LogP contribution is -1.98. The van der Waals surface area contributed by atoms with Crippen LogP contribution >= 0.6 is 0 Å². The van der Waals surface area contributed by atoms with E-state index in [4.69, 9.17) is 9.47 Å². The molecular weight excluding hydrogens is 243 g/mol. The van der Waals surface area contributed by atoms with Crippen LogP contribution in [0.2, 0.25) is 0 Å². The van der Waals surface area contributed by atoms with Gasteiger partial charge in [0.15, 0.2) is 6.79 Å². The molecule has 0 heterocycles. The summed E-state index contributed by atoms with van der Waals surface area (Å²) in [7, 11) is 1.57. The fourth-order valence-corrected chi connectivity index (χ4v) is 1.44. The van der Waals surface area contributed by atoms with Crippen LogP contribution in [0, 0.1) is 17.7 Å². The second-order valence-electron chi connectivity index (χ2n) is 3.83. The van der Waals surface area contributed by atoms with Crippen LogP contribution in [0.5, 0.6) is 5.75 Å². The van der Waals surface area contributed by atoms with Gasteiger partial charge in [0.1, 0.15) is 11.6 Å². The van der Waals surface area contributed by atoms with Crippen molar-refractivity contribution in [1.29, 1.82) is 0 Å². The highest BCUT2D eigenvalue weighted by Crippen LogP contribution is 2.11.